The van der Waals surface area contributed by atoms with Gasteiger partial charge in [0.15, 0.2) is 0 Å². The summed E-state index contributed by atoms with van der Waals surface area (Å²) in [7, 11) is 0. The quantitative estimate of drug-likeness (QED) is 0.148. The Morgan fingerprint density at radius 2 is 1.06 bits per heavy atom. The zero-order valence-corrected chi connectivity index (χ0v) is 47.6. The maximum Gasteiger partial charge on any atom is 0.252 e. The van der Waals surface area contributed by atoms with Crippen LogP contribution in [0.1, 0.15) is 86.9 Å². The number of anilines is 6. The minimum absolute atomic E-state index is 0.00704. The van der Waals surface area contributed by atoms with Gasteiger partial charge in [0.1, 0.15) is 0 Å². The lowest BCUT2D eigenvalue weighted by atomic mass is 9.33. The van der Waals surface area contributed by atoms with Gasteiger partial charge >= 0.3 is 0 Å². The highest BCUT2D eigenvalue weighted by atomic mass is 15.2. The molecule has 5 heteroatoms. The van der Waals surface area contributed by atoms with E-state index in [1.54, 1.807) is 4.57 Å². The van der Waals surface area contributed by atoms with Crippen molar-refractivity contribution < 1.29 is 16.4 Å². The van der Waals surface area contributed by atoms with Crippen LogP contribution in [0.15, 0.2) is 248 Å². The molecule has 4 aliphatic carbocycles. The van der Waals surface area contributed by atoms with Gasteiger partial charge in [-0.3, -0.25) is 0 Å². The Kier molecular flexibility index (Phi) is 8.31. The zero-order chi connectivity index (χ0) is 66.7. The van der Waals surface area contributed by atoms with Crippen LogP contribution in [0.5, 0.6) is 0 Å². The average molecular weight is 1110 g/mol. The SMILES string of the molecule is [2H]c1c([2H])c([2H])c(-c2ccccc2N2c3cc(-c4cccc5c6ccccc6n(-c6ccccc6)c45)ccc3B3c4ccc(-n5c6c([2H])c([2H])c([2H])c([2H])c6c6c([2H])c(C78CC9CC(CC(C9)C7)C8)c([2H])c([2H])c65)cc4N(c4ccc(C(C)(C)C)cc4)c4cccc2c43)c([2H])c1[2H]. The molecule has 85 heavy (non-hydrogen) atoms. The molecule has 0 unspecified atom stereocenters. The highest BCUT2D eigenvalue weighted by Crippen LogP contribution is 2.61. The van der Waals surface area contributed by atoms with Gasteiger partial charge in [0.2, 0.25) is 0 Å². The van der Waals surface area contributed by atoms with Crippen molar-refractivity contribution in [2.24, 2.45) is 17.8 Å². The largest absolute Gasteiger partial charge is 0.311 e. The molecule has 4 heterocycles. The van der Waals surface area contributed by atoms with Crippen LogP contribution in [0.4, 0.5) is 34.1 Å². The van der Waals surface area contributed by atoms with Crippen LogP contribution < -0.4 is 26.2 Å². The molecular formula is C80H65BN4. The Balaban J connectivity index is 0.923. The van der Waals surface area contributed by atoms with Gasteiger partial charge in [-0.1, -0.05) is 184 Å². The first-order chi connectivity index (χ1) is 46.7. The van der Waals surface area contributed by atoms with Crippen molar-refractivity contribution in [3.63, 3.8) is 0 Å². The summed E-state index contributed by atoms with van der Waals surface area (Å²) in [4.78, 5) is 4.44. The van der Waals surface area contributed by atoms with E-state index in [0.29, 0.717) is 40.3 Å². The predicted octanol–water partition coefficient (Wildman–Crippen LogP) is 19.1. The van der Waals surface area contributed by atoms with E-state index >= 15 is 0 Å². The second kappa shape index (κ2) is 18.3. The molecule has 4 saturated carbocycles. The van der Waals surface area contributed by atoms with Gasteiger partial charge in [0.25, 0.3) is 6.71 Å². The second-order valence-electron chi connectivity index (χ2n) is 25.8. The summed E-state index contributed by atoms with van der Waals surface area (Å²) in [5.41, 5.74) is 14.8. The topological polar surface area (TPSA) is 16.3 Å². The molecule has 0 radical (unpaired) electrons. The van der Waals surface area contributed by atoms with Gasteiger partial charge < -0.3 is 18.9 Å². The molecule has 0 N–H and O–H groups in total. The zero-order valence-electron chi connectivity index (χ0n) is 59.6. The van der Waals surface area contributed by atoms with Crippen LogP contribution in [-0.4, -0.2) is 15.8 Å². The second-order valence-corrected chi connectivity index (χ2v) is 25.8. The summed E-state index contributed by atoms with van der Waals surface area (Å²) in [5.74, 6) is 1.46. The average Bonchev–Trinajstić information content (AvgIpc) is 1.67. The van der Waals surface area contributed by atoms with Gasteiger partial charge in [0, 0.05) is 72.5 Å². The number of aromatic nitrogens is 2. The number of para-hydroxylation sites is 5. The fraction of sp³-hybridized carbons (Fsp3) is 0.175. The predicted molar refractivity (Wildman–Crippen MR) is 359 cm³/mol. The molecule has 2 aromatic heterocycles. The number of nitrogens with zero attached hydrogens (tertiary/aromatic N) is 4. The van der Waals surface area contributed by atoms with Crippen LogP contribution in [0.3, 0.4) is 0 Å². The lowest BCUT2D eigenvalue weighted by Gasteiger charge is -2.57. The fourth-order valence-electron chi connectivity index (χ4n) is 16.7. The van der Waals surface area contributed by atoms with E-state index in [9.17, 15) is 11.0 Å². The van der Waals surface area contributed by atoms with Crippen molar-refractivity contribution in [3.05, 3.63) is 260 Å². The fourth-order valence-corrected chi connectivity index (χ4v) is 16.7. The number of fused-ring (bicyclic) bond motifs is 10. The number of benzene rings is 11. The van der Waals surface area contributed by atoms with Crippen molar-refractivity contribution in [2.75, 3.05) is 9.80 Å². The molecule has 6 aliphatic rings. The molecular weight excluding hydrogens is 1030 g/mol. The summed E-state index contributed by atoms with van der Waals surface area (Å²) in [6.45, 7) is 6.07. The van der Waals surface area contributed by atoms with Crippen molar-refractivity contribution in [3.8, 4) is 33.6 Å². The molecule has 0 amide bonds. The molecule has 4 bridgehead atoms. The Morgan fingerprint density at radius 1 is 0.435 bits per heavy atom. The summed E-state index contributed by atoms with van der Waals surface area (Å²) < 4.78 is 118. The molecule has 408 valence electrons. The number of rotatable bonds is 7. The monoisotopic (exact) mass is 1100 g/mol. The molecule has 0 atom stereocenters. The van der Waals surface area contributed by atoms with Crippen molar-refractivity contribution in [1.29, 1.82) is 0 Å². The smallest absolute Gasteiger partial charge is 0.252 e. The first kappa shape index (κ1) is 38.5. The van der Waals surface area contributed by atoms with E-state index in [2.05, 4.69) is 169 Å². The normalized spacial score (nSPS) is 21.3. The summed E-state index contributed by atoms with van der Waals surface area (Å²) in [6, 6.07) is 57.0. The van der Waals surface area contributed by atoms with E-state index in [-0.39, 0.29) is 75.1 Å². The Hall–Kier alpha value is -9.32. The van der Waals surface area contributed by atoms with Crippen molar-refractivity contribution in [2.45, 2.75) is 70.1 Å². The van der Waals surface area contributed by atoms with Crippen LogP contribution in [-0.2, 0) is 10.8 Å². The Labute approximate surface area is 515 Å². The van der Waals surface area contributed by atoms with E-state index in [0.717, 1.165) is 128 Å². The van der Waals surface area contributed by atoms with Gasteiger partial charge in [-0.15, -0.1) is 0 Å². The summed E-state index contributed by atoms with van der Waals surface area (Å²) in [6.07, 6.45) is 5.99. The van der Waals surface area contributed by atoms with Crippen LogP contribution in [0, 0.1) is 17.8 Å². The Bertz CT molecular complexity index is 5550. The summed E-state index contributed by atoms with van der Waals surface area (Å²) in [5, 5.41) is 2.64. The summed E-state index contributed by atoms with van der Waals surface area (Å²) >= 11 is 0. The maximum atomic E-state index is 10.4. The Morgan fingerprint density at radius 3 is 1.85 bits per heavy atom. The first-order valence-electron chi connectivity index (χ1n) is 36.1. The third-order valence-electron chi connectivity index (χ3n) is 19.9. The third kappa shape index (κ3) is 7.35. The highest BCUT2D eigenvalue weighted by Gasteiger charge is 2.52. The van der Waals surface area contributed by atoms with Gasteiger partial charge in [0.05, 0.1) is 44.2 Å². The van der Waals surface area contributed by atoms with Gasteiger partial charge in [-0.05, 0) is 191 Å². The van der Waals surface area contributed by atoms with E-state index < -0.39 is 42.3 Å². The van der Waals surface area contributed by atoms with Gasteiger partial charge in [-0.25, -0.2) is 0 Å². The third-order valence-corrected chi connectivity index (χ3v) is 19.9. The molecule has 19 rings (SSSR count). The molecule has 4 fully saturated rings. The molecule has 4 nitrogen and oxygen atoms in total. The number of hydrogen-bond donors (Lipinski definition) is 0. The van der Waals surface area contributed by atoms with Crippen molar-refractivity contribution in [1.82, 2.24) is 9.13 Å². The molecule has 0 spiro atoms. The lowest BCUT2D eigenvalue weighted by molar-refractivity contribution is -0.00512. The molecule has 0 saturated heterocycles. The van der Waals surface area contributed by atoms with Crippen molar-refractivity contribution >= 4 is 101 Å². The minimum Gasteiger partial charge on any atom is -0.311 e. The van der Waals surface area contributed by atoms with E-state index in [1.165, 1.54) is 0 Å². The van der Waals surface area contributed by atoms with Crippen LogP contribution >= 0.6 is 0 Å². The van der Waals surface area contributed by atoms with Crippen LogP contribution in [0.25, 0.3) is 77.2 Å². The van der Waals surface area contributed by atoms with Crippen LogP contribution in [0.2, 0.25) is 0 Å². The maximum absolute atomic E-state index is 10.4. The van der Waals surface area contributed by atoms with Gasteiger partial charge in [-0.2, -0.15) is 0 Å². The standard InChI is InChI=1S/C80H65BN4/c1-79(2,3)56-33-36-59(37-34-56)82-73-30-17-31-74-77(73)81(68-40-38-60(47-76(68)82)83-70-28-14-12-24-64(70)66-46-57(35-41-72(66)83)80-48-51-42-52(49-80)44-53(43-51)50-80)67-39-32-55(45-75(67)85(74)69-27-13-10-22-61(69)54-18-6-4-7-19-54)62-25-16-26-65-63-23-11-15-29-71(63)84(78(62)65)58-20-8-5-9-21-58/h4-41,45-47,51-53H,42-44,48-50H2,1-3H3/i4D,6D,7D,12D,14D,18D,19D,24D,28D,35D,41D,46D. The van der Waals surface area contributed by atoms with E-state index in [1.807, 2.05) is 42.5 Å². The van der Waals surface area contributed by atoms with E-state index in [4.69, 9.17) is 5.48 Å². The molecule has 13 aromatic rings. The first-order valence-corrected chi connectivity index (χ1v) is 30.1. The lowest BCUT2D eigenvalue weighted by Crippen LogP contribution is -2.61. The highest BCUT2D eigenvalue weighted by molar-refractivity contribution is 7.00. The molecule has 2 aliphatic heterocycles. The number of hydrogen-bond acceptors (Lipinski definition) is 2. The minimum atomic E-state index is -0.482. The molecule has 11 aromatic carbocycles.